The standard InChI is InChI=1S/C34H32F2N6O2/c1-3-24-27(35)8-5-20-11-23(43)12-25(28(20)24)30-29(36)31-26(14-37-30)32(41-16-21-6-7-22(17-41)38-21)40-33(39-31)44-18-34-9-4-10-42(34)15-19(2)13-34/h1,5,8,11-12,14,21-22,38,43H,2,4,6-7,9-10,13,15-18H2. The van der Waals surface area contributed by atoms with Gasteiger partial charge in [0.1, 0.15) is 35.2 Å². The van der Waals surface area contributed by atoms with Gasteiger partial charge in [-0.15, -0.1) is 6.42 Å². The number of hydrogen-bond acceptors (Lipinski definition) is 8. The number of nitrogens with one attached hydrogen (secondary N) is 1. The van der Waals surface area contributed by atoms with Crippen molar-refractivity contribution in [3.05, 3.63) is 59.8 Å². The summed E-state index contributed by atoms with van der Waals surface area (Å²) in [6.07, 6.45) is 12.3. The lowest BCUT2D eigenvalue weighted by molar-refractivity contribution is 0.108. The number of aromatic hydroxyl groups is 1. The minimum atomic E-state index is -0.719. The molecule has 8 rings (SSSR count). The normalized spacial score (nSPS) is 24.8. The molecule has 4 aliphatic heterocycles. The second kappa shape index (κ2) is 10.1. The molecular weight excluding hydrogens is 562 g/mol. The van der Waals surface area contributed by atoms with E-state index >= 15 is 4.39 Å². The van der Waals surface area contributed by atoms with Crippen molar-refractivity contribution in [1.29, 1.82) is 0 Å². The van der Waals surface area contributed by atoms with Crippen LogP contribution in [0.3, 0.4) is 0 Å². The lowest BCUT2D eigenvalue weighted by Gasteiger charge is -2.34. The van der Waals surface area contributed by atoms with Gasteiger partial charge in [0, 0.05) is 48.9 Å². The van der Waals surface area contributed by atoms with Gasteiger partial charge in [0.15, 0.2) is 5.82 Å². The lowest BCUT2D eigenvalue weighted by atomic mass is 9.94. The summed E-state index contributed by atoms with van der Waals surface area (Å²) >= 11 is 0. The fourth-order valence-corrected chi connectivity index (χ4v) is 7.88. The van der Waals surface area contributed by atoms with Crippen LogP contribution >= 0.6 is 0 Å². The molecule has 4 fully saturated rings. The first-order valence-corrected chi connectivity index (χ1v) is 15.2. The van der Waals surface area contributed by atoms with E-state index in [4.69, 9.17) is 16.1 Å². The van der Waals surface area contributed by atoms with Crippen LogP contribution in [0, 0.1) is 24.0 Å². The number of halogens is 2. The Morgan fingerprint density at radius 2 is 2.00 bits per heavy atom. The highest BCUT2D eigenvalue weighted by atomic mass is 19.1. The van der Waals surface area contributed by atoms with Crippen LogP contribution in [0.4, 0.5) is 14.6 Å². The van der Waals surface area contributed by atoms with Crippen molar-refractivity contribution >= 4 is 27.5 Å². The minimum Gasteiger partial charge on any atom is -0.508 e. The molecule has 2 N–H and O–H groups in total. The molecule has 2 aromatic heterocycles. The number of benzene rings is 2. The van der Waals surface area contributed by atoms with Gasteiger partial charge in [-0.25, -0.2) is 8.78 Å². The van der Waals surface area contributed by atoms with E-state index in [1.54, 1.807) is 6.20 Å². The molecule has 2 aromatic carbocycles. The minimum absolute atomic E-state index is 0.0268. The third-order valence-corrected chi connectivity index (χ3v) is 9.82. The molecule has 3 atom stereocenters. The fraction of sp³-hybridized carbons (Fsp3) is 0.382. The average molecular weight is 595 g/mol. The van der Waals surface area contributed by atoms with E-state index in [0.717, 1.165) is 58.3 Å². The van der Waals surface area contributed by atoms with Gasteiger partial charge in [0.05, 0.1) is 16.5 Å². The lowest BCUT2D eigenvalue weighted by Crippen LogP contribution is -2.51. The summed E-state index contributed by atoms with van der Waals surface area (Å²) in [6, 6.07) is 6.31. The molecule has 44 heavy (non-hydrogen) atoms. The Morgan fingerprint density at radius 1 is 1.18 bits per heavy atom. The van der Waals surface area contributed by atoms with Gasteiger partial charge in [-0.05, 0) is 62.2 Å². The molecule has 0 saturated carbocycles. The Balaban J connectivity index is 1.28. The SMILES string of the molecule is C#Cc1c(F)ccc2cc(O)cc(-c3ncc4c(N5CC6CCC(C5)N6)nc(OCC56CCCN5CC(=C)C6)nc4c3F)c12. The van der Waals surface area contributed by atoms with E-state index in [0.29, 0.717) is 40.7 Å². The third kappa shape index (κ3) is 4.29. The summed E-state index contributed by atoms with van der Waals surface area (Å²) < 4.78 is 37.9. The molecule has 10 heteroatoms. The van der Waals surface area contributed by atoms with E-state index in [9.17, 15) is 9.50 Å². The Morgan fingerprint density at radius 3 is 2.80 bits per heavy atom. The summed E-state index contributed by atoms with van der Waals surface area (Å²) in [6.45, 7) is 7.91. The van der Waals surface area contributed by atoms with Crippen molar-refractivity contribution in [2.45, 2.75) is 49.7 Å². The van der Waals surface area contributed by atoms with Crippen LogP contribution in [0.2, 0.25) is 0 Å². The molecule has 8 nitrogen and oxygen atoms in total. The maximum absolute atomic E-state index is 16.8. The number of nitrogens with zero attached hydrogens (tertiary/aromatic N) is 5. The summed E-state index contributed by atoms with van der Waals surface area (Å²) in [7, 11) is 0. The maximum atomic E-state index is 16.8. The number of anilines is 1. The summed E-state index contributed by atoms with van der Waals surface area (Å²) in [5, 5.41) is 15.4. The zero-order valence-electron chi connectivity index (χ0n) is 24.2. The molecule has 2 bridgehead atoms. The number of terminal acetylenes is 1. The highest BCUT2D eigenvalue weighted by Crippen LogP contribution is 2.42. The number of fused-ring (bicyclic) bond motifs is 5. The number of pyridine rings is 1. The number of ether oxygens (including phenoxy) is 1. The number of hydrogen-bond donors (Lipinski definition) is 2. The third-order valence-electron chi connectivity index (χ3n) is 9.82. The molecule has 0 radical (unpaired) electrons. The van der Waals surface area contributed by atoms with Gasteiger partial charge >= 0.3 is 6.01 Å². The van der Waals surface area contributed by atoms with Crippen molar-refractivity contribution in [1.82, 2.24) is 25.2 Å². The zero-order valence-corrected chi connectivity index (χ0v) is 24.2. The summed E-state index contributed by atoms with van der Waals surface area (Å²) in [5.41, 5.74) is 1.15. The van der Waals surface area contributed by atoms with Crippen molar-refractivity contribution in [3.8, 4) is 35.4 Å². The first-order chi connectivity index (χ1) is 21.3. The Labute approximate surface area is 253 Å². The molecule has 0 amide bonds. The van der Waals surface area contributed by atoms with Crippen molar-refractivity contribution in [2.75, 3.05) is 37.7 Å². The first-order valence-electron chi connectivity index (χ1n) is 15.2. The highest BCUT2D eigenvalue weighted by Gasteiger charge is 2.46. The molecule has 0 spiro atoms. The van der Waals surface area contributed by atoms with E-state index in [2.05, 4.69) is 37.6 Å². The Kier molecular flexibility index (Phi) is 6.26. The molecule has 4 aromatic rings. The number of aromatic nitrogens is 3. The van der Waals surface area contributed by atoms with Gasteiger partial charge in [-0.2, -0.15) is 9.97 Å². The molecule has 4 aliphatic rings. The second-order valence-corrected chi connectivity index (χ2v) is 12.7. The van der Waals surface area contributed by atoms with Gasteiger partial charge < -0.3 is 20.1 Å². The van der Waals surface area contributed by atoms with Gasteiger partial charge in [-0.1, -0.05) is 24.1 Å². The van der Waals surface area contributed by atoms with Gasteiger partial charge in [0.25, 0.3) is 0 Å². The Bertz CT molecular complexity index is 1900. The molecule has 6 heterocycles. The molecule has 3 unspecified atom stereocenters. The van der Waals surface area contributed by atoms with Crippen molar-refractivity contribution in [2.24, 2.45) is 0 Å². The van der Waals surface area contributed by atoms with Crippen LogP contribution in [0.5, 0.6) is 11.8 Å². The van der Waals surface area contributed by atoms with Crippen molar-refractivity contribution < 1.29 is 18.6 Å². The summed E-state index contributed by atoms with van der Waals surface area (Å²) in [4.78, 5) is 18.6. The highest BCUT2D eigenvalue weighted by molar-refractivity contribution is 6.03. The quantitative estimate of drug-likeness (QED) is 0.249. The van der Waals surface area contributed by atoms with Gasteiger partial charge in [-0.3, -0.25) is 9.88 Å². The van der Waals surface area contributed by atoms with Crippen LogP contribution in [0.1, 0.15) is 37.7 Å². The van der Waals surface area contributed by atoms with E-state index in [-0.39, 0.29) is 39.6 Å². The van der Waals surface area contributed by atoms with Crippen LogP contribution in [-0.4, -0.2) is 75.4 Å². The van der Waals surface area contributed by atoms with E-state index in [1.807, 2.05) is 0 Å². The average Bonchev–Trinajstić information content (AvgIpc) is 3.66. The van der Waals surface area contributed by atoms with Crippen molar-refractivity contribution in [3.63, 3.8) is 0 Å². The number of phenolic OH excluding ortho intramolecular Hbond substituents is 1. The van der Waals surface area contributed by atoms with Gasteiger partial charge in [0.2, 0.25) is 0 Å². The van der Waals surface area contributed by atoms with E-state index < -0.39 is 11.6 Å². The molecule has 0 aliphatic carbocycles. The summed E-state index contributed by atoms with van der Waals surface area (Å²) in [5.74, 6) is 1.51. The molecular formula is C34H32F2N6O2. The van der Waals surface area contributed by atoms with Crippen LogP contribution in [0.25, 0.3) is 32.9 Å². The maximum Gasteiger partial charge on any atom is 0.319 e. The zero-order chi connectivity index (χ0) is 30.2. The number of phenols is 1. The van der Waals surface area contributed by atoms with Crippen LogP contribution in [0.15, 0.2) is 42.6 Å². The topological polar surface area (TPSA) is 86.6 Å². The van der Waals surface area contributed by atoms with E-state index in [1.165, 1.54) is 29.8 Å². The first kappa shape index (κ1) is 27.2. The predicted molar refractivity (Wildman–Crippen MR) is 165 cm³/mol. The Hall–Kier alpha value is -4.33. The predicted octanol–water partition coefficient (Wildman–Crippen LogP) is 4.92. The number of piperazine rings is 1. The smallest absolute Gasteiger partial charge is 0.319 e. The van der Waals surface area contributed by atoms with Crippen LogP contribution < -0.4 is 15.0 Å². The fourth-order valence-electron chi connectivity index (χ4n) is 7.88. The largest absolute Gasteiger partial charge is 0.508 e. The monoisotopic (exact) mass is 594 g/mol. The molecule has 4 saturated heterocycles. The van der Waals surface area contributed by atoms with Crippen LogP contribution in [-0.2, 0) is 0 Å². The molecule has 224 valence electrons. The second-order valence-electron chi connectivity index (χ2n) is 12.7. The number of rotatable bonds is 5.